The summed E-state index contributed by atoms with van der Waals surface area (Å²) in [7, 11) is 2.02. The zero-order valence-electron chi connectivity index (χ0n) is 15.4. The molecule has 0 aliphatic carbocycles. The molecule has 130 valence electrons. The summed E-state index contributed by atoms with van der Waals surface area (Å²) in [5, 5.41) is 3.38. The molecule has 1 heterocycles. The number of likely N-dealkylation sites (tertiary alicyclic amines) is 1. The van der Waals surface area contributed by atoms with Crippen LogP contribution in [0.15, 0.2) is 0 Å². The van der Waals surface area contributed by atoms with E-state index in [9.17, 15) is 4.79 Å². The molecule has 4 nitrogen and oxygen atoms in total. The van der Waals surface area contributed by atoms with Crippen LogP contribution in [-0.2, 0) is 9.53 Å². The van der Waals surface area contributed by atoms with Gasteiger partial charge in [-0.1, -0.05) is 41.0 Å². The molecular formula is C18H36N2O2. The van der Waals surface area contributed by atoms with E-state index in [0.29, 0.717) is 17.9 Å². The highest BCUT2D eigenvalue weighted by molar-refractivity contribution is 5.76. The lowest BCUT2D eigenvalue weighted by Crippen LogP contribution is -2.56. The number of likely N-dealkylation sites (N-methyl/N-ethyl adjacent to an activating group) is 1. The van der Waals surface area contributed by atoms with Crippen molar-refractivity contribution in [2.24, 2.45) is 11.8 Å². The van der Waals surface area contributed by atoms with Crippen molar-refractivity contribution in [2.75, 3.05) is 20.1 Å². The van der Waals surface area contributed by atoms with Crippen molar-refractivity contribution in [3.05, 3.63) is 0 Å². The van der Waals surface area contributed by atoms with E-state index in [1.54, 1.807) is 0 Å². The van der Waals surface area contributed by atoms with Crippen LogP contribution in [0.4, 0.5) is 0 Å². The third-order valence-electron chi connectivity index (χ3n) is 5.11. The first-order chi connectivity index (χ1) is 10.5. The van der Waals surface area contributed by atoms with Crippen LogP contribution in [0, 0.1) is 11.8 Å². The number of ether oxygens (including phenoxy) is 1. The summed E-state index contributed by atoms with van der Waals surface area (Å²) in [6.07, 6.45) is 4.02. The molecule has 0 spiro atoms. The first-order valence-corrected chi connectivity index (χ1v) is 9.08. The average Bonchev–Trinajstić information content (AvgIpc) is 2.51. The quantitative estimate of drug-likeness (QED) is 0.699. The highest BCUT2D eigenvalue weighted by atomic mass is 16.5. The Morgan fingerprint density at radius 2 is 1.86 bits per heavy atom. The lowest BCUT2D eigenvalue weighted by molar-refractivity contribution is -0.159. The van der Waals surface area contributed by atoms with Gasteiger partial charge in [0.15, 0.2) is 0 Å². The maximum atomic E-state index is 12.8. The van der Waals surface area contributed by atoms with Gasteiger partial charge in [0.05, 0.1) is 0 Å². The summed E-state index contributed by atoms with van der Waals surface area (Å²) in [4.78, 5) is 15.1. The second-order valence-corrected chi connectivity index (χ2v) is 6.99. The SMILES string of the molecule is CCC(CC)OC(=O)[C@H](C(C)CC)N1CC(C)C[C@@H](NC)C1. The van der Waals surface area contributed by atoms with Crippen LogP contribution in [0.1, 0.15) is 60.3 Å². The van der Waals surface area contributed by atoms with Gasteiger partial charge in [-0.15, -0.1) is 0 Å². The smallest absolute Gasteiger partial charge is 0.323 e. The molecule has 4 atom stereocenters. The molecule has 1 fully saturated rings. The average molecular weight is 312 g/mol. The van der Waals surface area contributed by atoms with Crippen LogP contribution in [0.25, 0.3) is 0 Å². The molecule has 2 unspecified atom stereocenters. The van der Waals surface area contributed by atoms with Crippen molar-refractivity contribution < 1.29 is 9.53 Å². The van der Waals surface area contributed by atoms with Gasteiger partial charge in [-0.05, 0) is 38.1 Å². The second kappa shape index (κ2) is 9.51. The maximum absolute atomic E-state index is 12.8. The van der Waals surface area contributed by atoms with E-state index in [1.807, 2.05) is 7.05 Å². The lowest BCUT2D eigenvalue weighted by Gasteiger charge is -2.42. The fourth-order valence-electron chi connectivity index (χ4n) is 3.48. The minimum atomic E-state index is -0.107. The molecule has 4 heteroatoms. The van der Waals surface area contributed by atoms with Crippen molar-refractivity contribution in [3.8, 4) is 0 Å². The zero-order chi connectivity index (χ0) is 16.7. The molecule has 0 aromatic carbocycles. The predicted octanol–water partition coefficient (Wildman–Crippen LogP) is 3.06. The molecule has 1 aliphatic heterocycles. The van der Waals surface area contributed by atoms with Crippen molar-refractivity contribution in [2.45, 2.75) is 78.5 Å². The van der Waals surface area contributed by atoms with E-state index in [0.717, 1.165) is 32.4 Å². The zero-order valence-corrected chi connectivity index (χ0v) is 15.4. The van der Waals surface area contributed by atoms with Crippen molar-refractivity contribution in [3.63, 3.8) is 0 Å². The minimum Gasteiger partial charge on any atom is -0.461 e. The Kier molecular flexibility index (Phi) is 8.40. The molecule has 0 bridgehead atoms. The Morgan fingerprint density at radius 3 is 2.36 bits per heavy atom. The fraction of sp³-hybridized carbons (Fsp3) is 0.944. The summed E-state index contributed by atoms with van der Waals surface area (Å²) >= 11 is 0. The van der Waals surface area contributed by atoms with Crippen LogP contribution in [0.2, 0.25) is 0 Å². The number of hydrogen-bond acceptors (Lipinski definition) is 4. The molecule has 1 N–H and O–H groups in total. The molecule has 1 saturated heterocycles. The van der Waals surface area contributed by atoms with Crippen LogP contribution in [0.5, 0.6) is 0 Å². The largest absolute Gasteiger partial charge is 0.461 e. The third-order valence-corrected chi connectivity index (χ3v) is 5.11. The second-order valence-electron chi connectivity index (χ2n) is 6.99. The number of esters is 1. The number of carbonyl (C=O) groups excluding carboxylic acids is 1. The number of piperidine rings is 1. The van der Waals surface area contributed by atoms with E-state index >= 15 is 0 Å². The first kappa shape index (κ1) is 19.4. The van der Waals surface area contributed by atoms with E-state index in [2.05, 4.69) is 44.8 Å². The standard InChI is InChI=1S/C18H36N2O2/c1-7-14(5)17(18(21)22-16(8-2)9-3)20-11-13(4)10-15(12-20)19-6/h13-17,19H,7-12H2,1-6H3/t13?,14?,15-,17+/m1/s1. The minimum absolute atomic E-state index is 0.0213. The predicted molar refractivity (Wildman–Crippen MR) is 91.9 cm³/mol. The molecule has 22 heavy (non-hydrogen) atoms. The van der Waals surface area contributed by atoms with Gasteiger partial charge in [-0.25, -0.2) is 0 Å². The molecule has 0 aromatic heterocycles. The van der Waals surface area contributed by atoms with Crippen LogP contribution < -0.4 is 5.32 Å². The molecule has 1 aliphatic rings. The maximum Gasteiger partial charge on any atom is 0.323 e. The summed E-state index contributed by atoms with van der Waals surface area (Å²) in [5.74, 6) is 0.912. The van der Waals surface area contributed by atoms with Gasteiger partial charge in [0.25, 0.3) is 0 Å². The molecule has 0 aromatic rings. The Balaban J connectivity index is 2.85. The van der Waals surface area contributed by atoms with Gasteiger partial charge < -0.3 is 10.1 Å². The van der Waals surface area contributed by atoms with Gasteiger partial charge in [-0.2, -0.15) is 0 Å². The van der Waals surface area contributed by atoms with Gasteiger partial charge in [0.1, 0.15) is 12.1 Å². The van der Waals surface area contributed by atoms with Crippen LogP contribution in [-0.4, -0.2) is 49.2 Å². The highest BCUT2D eigenvalue weighted by Crippen LogP contribution is 2.24. The molecular weight excluding hydrogens is 276 g/mol. The number of nitrogens with one attached hydrogen (secondary N) is 1. The van der Waals surface area contributed by atoms with Gasteiger partial charge in [0.2, 0.25) is 0 Å². The molecule has 0 amide bonds. The number of rotatable bonds is 8. The fourth-order valence-corrected chi connectivity index (χ4v) is 3.48. The van der Waals surface area contributed by atoms with E-state index in [1.165, 1.54) is 6.42 Å². The van der Waals surface area contributed by atoms with Crippen LogP contribution in [0.3, 0.4) is 0 Å². The first-order valence-electron chi connectivity index (χ1n) is 9.08. The van der Waals surface area contributed by atoms with Gasteiger partial charge in [0, 0.05) is 19.1 Å². The molecule has 1 rings (SSSR count). The van der Waals surface area contributed by atoms with E-state index in [4.69, 9.17) is 4.74 Å². The summed E-state index contributed by atoms with van der Waals surface area (Å²) < 4.78 is 5.79. The van der Waals surface area contributed by atoms with Crippen molar-refractivity contribution in [1.82, 2.24) is 10.2 Å². The van der Waals surface area contributed by atoms with E-state index in [-0.39, 0.29) is 18.1 Å². The summed E-state index contributed by atoms with van der Waals surface area (Å²) in [6, 6.07) is 0.362. The Bertz CT molecular complexity index is 331. The van der Waals surface area contributed by atoms with Gasteiger partial charge >= 0.3 is 5.97 Å². The summed E-state index contributed by atoms with van der Waals surface area (Å²) in [6.45, 7) is 12.7. The van der Waals surface area contributed by atoms with Crippen molar-refractivity contribution in [1.29, 1.82) is 0 Å². The monoisotopic (exact) mass is 312 g/mol. The Labute approximate surface area is 137 Å². The normalized spacial score (nSPS) is 26.0. The molecule has 0 saturated carbocycles. The number of hydrogen-bond donors (Lipinski definition) is 1. The topological polar surface area (TPSA) is 41.6 Å². The Hall–Kier alpha value is -0.610. The summed E-state index contributed by atoms with van der Waals surface area (Å²) in [5.41, 5.74) is 0. The third kappa shape index (κ3) is 5.24. The number of nitrogens with zero attached hydrogens (tertiary/aromatic N) is 1. The lowest BCUT2D eigenvalue weighted by atomic mass is 9.90. The molecule has 0 radical (unpaired) electrons. The van der Waals surface area contributed by atoms with Crippen LogP contribution >= 0.6 is 0 Å². The number of carbonyl (C=O) groups is 1. The van der Waals surface area contributed by atoms with E-state index < -0.39 is 0 Å². The Morgan fingerprint density at radius 1 is 1.23 bits per heavy atom. The highest BCUT2D eigenvalue weighted by Gasteiger charge is 2.36. The van der Waals surface area contributed by atoms with Crippen molar-refractivity contribution >= 4 is 5.97 Å². The van der Waals surface area contributed by atoms with Gasteiger partial charge in [-0.3, -0.25) is 9.69 Å².